The van der Waals surface area contributed by atoms with E-state index in [1.807, 2.05) is 0 Å². The number of benzene rings is 2. The van der Waals surface area contributed by atoms with Crippen LogP contribution in [0.25, 0.3) is 33.4 Å². The van der Waals surface area contributed by atoms with Crippen LogP contribution in [0.4, 0.5) is 0 Å². The van der Waals surface area contributed by atoms with Crippen molar-refractivity contribution < 1.29 is 4.57 Å². The Hall–Kier alpha value is -3.14. The zero-order chi connectivity index (χ0) is 24.6. The molecule has 4 nitrogen and oxygen atoms in total. The van der Waals surface area contributed by atoms with E-state index in [0.29, 0.717) is 11.8 Å². The molecule has 0 saturated carbocycles. The topological polar surface area (TPSA) is 42.6 Å². The fraction of sp³-hybridized carbons (Fsp3) is 0.400. The van der Waals surface area contributed by atoms with E-state index in [0.717, 1.165) is 35.9 Å². The second-order valence-electron chi connectivity index (χ2n) is 10.5. The Morgan fingerprint density at radius 3 is 2.06 bits per heavy atom. The molecule has 4 rings (SSSR count). The fourth-order valence-electron chi connectivity index (χ4n) is 4.64. The van der Waals surface area contributed by atoms with Crippen molar-refractivity contribution in [1.82, 2.24) is 15.0 Å². The molecular weight excluding hydrogens is 416 g/mol. The van der Waals surface area contributed by atoms with E-state index >= 15 is 0 Å². The van der Waals surface area contributed by atoms with Crippen LogP contribution in [0.1, 0.15) is 56.0 Å². The zero-order valence-electron chi connectivity index (χ0n) is 21.9. The molecule has 2 aromatic heterocycles. The molecule has 4 heteroatoms. The molecule has 0 aliphatic heterocycles. The predicted octanol–water partition coefficient (Wildman–Crippen LogP) is 6.51. The maximum atomic E-state index is 4.94. The largest absolute Gasteiger partial charge is 0.218 e. The number of nitrogens with zero attached hydrogens (tertiary/aromatic N) is 4. The number of rotatable bonds is 6. The lowest BCUT2D eigenvalue weighted by Crippen LogP contribution is -2.30. The second-order valence-corrected chi connectivity index (χ2v) is 10.5. The van der Waals surface area contributed by atoms with Gasteiger partial charge in [0.1, 0.15) is 18.7 Å². The summed E-state index contributed by atoms with van der Waals surface area (Å²) in [6.45, 7) is 15.4. The SMILES string of the molecule is Cc1cc(C)c(C)c(-c2cc3c(-c4nc(CC(C)C)nc(CC(C)C)n4)cccc3c[n+]2C)c1. The summed E-state index contributed by atoms with van der Waals surface area (Å²) in [6.07, 6.45) is 3.93. The average Bonchev–Trinajstić information content (AvgIpc) is 2.74. The molecule has 0 fully saturated rings. The minimum absolute atomic E-state index is 0.493. The van der Waals surface area contributed by atoms with Crippen molar-refractivity contribution in [3.63, 3.8) is 0 Å². The molecule has 0 N–H and O–H groups in total. The Morgan fingerprint density at radius 2 is 1.44 bits per heavy atom. The Labute approximate surface area is 204 Å². The summed E-state index contributed by atoms with van der Waals surface area (Å²) >= 11 is 0. The van der Waals surface area contributed by atoms with Crippen LogP contribution in [-0.2, 0) is 19.9 Å². The molecule has 0 amide bonds. The zero-order valence-corrected chi connectivity index (χ0v) is 21.9. The Bertz CT molecular complexity index is 1320. The molecule has 0 aliphatic rings. The molecule has 0 radical (unpaired) electrons. The van der Waals surface area contributed by atoms with Crippen molar-refractivity contribution in [3.05, 3.63) is 70.9 Å². The van der Waals surface area contributed by atoms with Crippen molar-refractivity contribution in [2.24, 2.45) is 18.9 Å². The van der Waals surface area contributed by atoms with Crippen LogP contribution in [0.15, 0.2) is 42.6 Å². The second kappa shape index (κ2) is 9.61. The number of pyridine rings is 1. The lowest BCUT2D eigenvalue weighted by molar-refractivity contribution is -0.659. The van der Waals surface area contributed by atoms with E-state index in [1.54, 1.807) is 0 Å². The van der Waals surface area contributed by atoms with Crippen molar-refractivity contribution in [3.8, 4) is 22.6 Å². The van der Waals surface area contributed by atoms with Crippen LogP contribution in [0, 0.1) is 32.6 Å². The molecule has 0 spiro atoms. The number of hydrogen-bond acceptors (Lipinski definition) is 3. The highest BCUT2D eigenvalue weighted by Crippen LogP contribution is 2.31. The molecule has 0 bridgehead atoms. The van der Waals surface area contributed by atoms with E-state index in [2.05, 4.69) is 103 Å². The van der Waals surface area contributed by atoms with Gasteiger partial charge in [-0.2, -0.15) is 0 Å². The highest BCUT2D eigenvalue weighted by atomic mass is 15.0. The smallest absolute Gasteiger partial charge is 0.213 e. The summed E-state index contributed by atoms with van der Waals surface area (Å²) in [4.78, 5) is 14.7. The van der Waals surface area contributed by atoms with Gasteiger partial charge in [-0.25, -0.2) is 19.5 Å². The van der Waals surface area contributed by atoms with E-state index in [9.17, 15) is 0 Å². The van der Waals surface area contributed by atoms with Gasteiger partial charge < -0.3 is 0 Å². The van der Waals surface area contributed by atoms with Gasteiger partial charge in [-0.3, -0.25) is 0 Å². The van der Waals surface area contributed by atoms with Crippen molar-refractivity contribution >= 4 is 10.8 Å². The summed E-state index contributed by atoms with van der Waals surface area (Å²) in [5.41, 5.74) is 7.45. The first-order valence-electron chi connectivity index (χ1n) is 12.4. The first-order chi connectivity index (χ1) is 16.1. The number of aromatic nitrogens is 4. The lowest BCUT2D eigenvalue weighted by atomic mass is 9.95. The predicted molar refractivity (Wildman–Crippen MR) is 141 cm³/mol. The minimum atomic E-state index is 0.493. The molecule has 0 atom stereocenters. The maximum Gasteiger partial charge on any atom is 0.213 e. The van der Waals surface area contributed by atoms with Crippen LogP contribution < -0.4 is 4.57 Å². The Balaban J connectivity index is 1.95. The van der Waals surface area contributed by atoms with Crippen LogP contribution in [-0.4, -0.2) is 15.0 Å². The van der Waals surface area contributed by atoms with E-state index < -0.39 is 0 Å². The molecule has 0 saturated heterocycles. The highest BCUT2D eigenvalue weighted by molar-refractivity contribution is 5.96. The maximum absolute atomic E-state index is 4.94. The highest BCUT2D eigenvalue weighted by Gasteiger charge is 2.19. The molecule has 34 heavy (non-hydrogen) atoms. The van der Waals surface area contributed by atoms with Gasteiger partial charge in [-0.15, -0.1) is 0 Å². The van der Waals surface area contributed by atoms with Gasteiger partial charge in [0.15, 0.2) is 12.0 Å². The van der Waals surface area contributed by atoms with Crippen LogP contribution in [0.3, 0.4) is 0 Å². The van der Waals surface area contributed by atoms with Crippen molar-refractivity contribution in [2.45, 2.75) is 61.3 Å². The summed E-state index contributed by atoms with van der Waals surface area (Å²) in [5.74, 6) is 3.54. The number of fused-ring (bicyclic) bond motifs is 1. The van der Waals surface area contributed by atoms with E-state index in [1.165, 1.54) is 38.7 Å². The van der Waals surface area contributed by atoms with Crippen LogP contribution in [0.5, 0.6) is 0 Å². The molecule has 4 aromatic rings. The van der Waals surface area contributed by atoms with Crippen molar-refractivity contribution in [1.29, 1.82) is 0 Å². The number of hydrogen-bond donors (Lipinski definition) is 0. The number of aryl methyl sites for hydroxylation is 3. The quantitative estimate of drug-likeness (QED) is 0.313. The molecule has 2 aromatic carbocycles. The Morgan fingerprint density at radius 1 is 0.794 bits per heavy atom. The normalized spacial score (nSPS) is 11.7. The average molecular weight is 454 g/mol. The van der Waals surface area contributed by atoms with Gasteiger partial charge in [0.05, 0.1) is 0 Å². The van der Waals surface area contributed by atoms with E-state index in [-0.39, 0.29) is 0 Å². The fourth-order valence-corrected chi connectivity index (χ4v) is 4.64. The molecule has 0 aliphatic carbocycles. The first-order valence-corrected chi connectivity index (χ1v) is 12.4. The van der Waals surface area contributed by atoms with Gasteiger partial charge >= 0.3 is 0 Å². The molecule has 2 heterocycles. The molecular formula is C30H37N4+. The van der Waals surface area contributed by atoms with Gasteiger partial charge in [0, 0.05) is 40.8 Å². The lowest BCUT2D eigenvalue weighted by Gasteiger charge is -2.13. The summed E-state index contributed by atoms with van der Waals surface area (Å²) in [7, 11) is 2.13. The third-order valence-electron chi connectivity index (χ3n) is 6.37. The monoisotopic (exact) mass is 453 g/mol. The summed E-state index contributed by atoms with van der Waals surface area (Å²) < 4.78 is 2.23. The Kier molecular flexibility index (Phi) is 6.79. The van der Waals surface area contributed by atoms with Gasteiger partial charge in [0.25, 0.3) is 0 Å². The van der Waals surface area contributed by atoms with Crippen LogP contribution >= 0.6 is 0 Å². The molecule has 0 unspecified atom stereocenters. The third-order valence-corrected chi connectivity index (χ3v) is 6.37. The standard InChI is InChI=1S/C30H37N4/c1-18(2)12-28-31-29(13-19(3)4)33-30(32-28)24-11-9-10-23-17-34(8)27(16-26(23)24)25-15-20(5)14-21(6)22(25)7/h9-11,14-19H,12-13H2,1-8H3/q+1. The minimum Gasteiger partial charge on any atom is -0.218 e. The van der Waals surface area contributed by atoms with E-state index in [4.69, 9.17) is 15.0 Å². The van der Waals surface area contributed by atoms with Crippen LogP contribution in [0.2, 0.25) is 0 Å². The van der Waals surface area contributed by atoms with Gasteiger partial charge in [0.2, 0.25) is 5.69 Å². The summed E-state index contributed by atoms with van der Waals surface area (Å²) in [6, 6.07) is 13.3. The molecule has 176 valence electrons. The van der Waals surface area contributed by atoms with Gasteiger partial charge in [-0.05, 0) is 55.9 Å². The van der Waals surface area contributed by atoms with Crippen molar-refractivity contribution in [2.75, 3.05) is 0 Å². The summed E-state index contributed by atoms with van der Waals surface area (Å²) in [5, 5.41) is 2.35. The third kappa shape index (κ3) is 5.01. The first kappa shape index (κ1) is 24.0. The van der Waals surface area contributed by atoms with Gasteiger partial charge in [-0.1, -0.05) is 51.5 Å².